The van der Waals surface area contributed by atoms with Crippen molar-refractivity contribution in [3.63, 3.8) is 0 Å². The molecule has 2 aromatic heterocycles. The number of rotatable bonds is 5. The highest BCUT2D eigenvalue weighted by atomic mass is 19.4. The summed E-state index contributed by atoms with van der Waals surface area (Å²) in [6.45, 7) is 2.20. The van der Waals surface area contributed by atoms with E-state index in [9.17, 15) is 18.0 Å². The molecule has 6 rings (SSSR count). The van der Waals surface area contributed by atoms with Crippen LogP contribution in [0, 0.1) is 0 Å². The minimum absolute atomic E-state index is 0.141. The molecule has 7 nitrogen and oxygen atoms in total. The number of fused-ring (bicyclic) bond motifs is 2. The van der Waals surface area contributed by atoms with Crippen LogP contribution in [0.3, 0.4) is 0 Å². The largest absolute Gasteiger partial charge is 0.418 e. The molecule has 0 bridgehead atoms. The Balaban J connectivity index is 1.47. The van der Waals surface area contributed by atoms with E-state index in [4.69, 9.17) is 0 Å². The zero-order chi connectivity index (χ0) is 28.6. The number of piperazine rings is 1. The molecule has 3 heterocycles. The van der Waals surface area contributed by atoms with E-state index in [2.05, 4.69) is 25.9 Å². The number of hydrogen-bond acceptors (Lipinski definition) is 6. The number of alkyl halides is 3. The number of amides is 1. The molecule has 0 saturated carbocycles. The highest BCUT2D eigenvalue weighted by Crippen LogP contribution is 2.40. The van der Waals surface area contributed by atoms with Crippen molar-refractivity contribution in [3.8, 4) is 11.1 Å². The topological polar surface area (TPSA) is 82.2 Å². The van der Waals surface area contributed by atoms with Crippen molar-refractivity contribution in [1.82, 2.24) is 20.6 Å². The van der Waals surface area contributed by atoms with Gasteiger partial charge in [0.05, 0.1) is 27.8 Å². The molecular formula is C31H27F3N6O. The molecule has 1 amide bonds. The van der Waals surface area contributed by atoms with E-state index in [0.717, 1.165) is 28.1 Å². The summed E-state index contributed by atoms with van der Waals surface area (Å²) in [4.78, 5) is 23.6. The maximum atomic E-state index is 14.2. The third-order valence-corrected chi connectivity index (χ3v) is 7.29. The number of para-hydroxylation sites is 1. The zero-order valence-corrected chi connectivity index (χ0v) is 22.2. The van der Waals surface area contributed by atoms with Gasteiger partial charge in [-0.25, -0.2) is 0 Å². The number of halogens is 3. The number of nitrogens with one attached hydrogen (secondary N) is 3. The quantitative estimate of drug-likeness (QED) is 0.247. The second kappa shape index (κ2) is 10.7. The molecule has 10 heteroatoms. The average molecular weight is 557 g/mol. The predicted octanol–water partition coefficient (Wildman–Crippen LogP) is 5.98. The molecule has 3 aromatic carbocycles. The Morgan fingerprint density at radius 1 is 0.902 bits per heavy atom. The van der Waals surface area contributed by atoms with Crippen LogP contribution in [0.5, 0.6) is 0 Å². The van der Waals surface area contributed by atoms with Gasteiger partial charge in [-0.1, -0.05) is 24.3 Å². The van der Waals surface area contributed by atoms with Crippen LogP contribution in [0.1, 0.15) is 15.9 Å². The van der Waals surface area contributed by atoms with Crippen LogP contribution >= 0.6 is 0 Å². The molecule has 0 radical (unpaired) electrons. The SMILES string of the molecule is CNC(=O)c1cnc2ccc(-c3cnc4ccccc4c3)cc2c1Nc1ccc(N2CCNCC2)c(C(F)(F)F)c1. The second-order valence-electron chi connectivity index (χ2n) is 9.87. The number of aromatic nitrogens is 2. The van der Waals surface area contributed by atoms with Gasteiger partial charge in [-0.2, -0.15) is 13.2 Å². The van der Waals surface area contributed by atoms with Crippen molar-refractivity contribution < 1.29 is 18.0 Å². The summed E-state index contributed by atoms with van der Waals surface area (Å²) in [6, 6.07) is 19.6. The molecule has 1 aliphatic heterocycles. The first-order valence-corrected chi connectivity index (χ1v) is 13.3. The monoisotopic (exact) mass is 556 g/mol. The number of nitrogens with zero attached hydrogens (tertiary/aromatic N) is 3. The van der Waals surface area contributed by atoms with Crippen molar-refractivity contribution in [3.05, 3.63) is 90.3 Å². The highest BCUT2D eigenvalue weighted by molar-refractivity contribution is 6.08. The van der Waals surface area contributed by atoms with Crippen LogP contribution in [-0.4, -0.2) is 49.1 Å². The van der Waals surface area contributed by atoms with Gasteiger partial charge < -0.3 is 20.9 Å². The summed E-state index contributed by atoms with van der Waals surface area (Å²) in [5.41, 5.74) is 3.36. The van der Waals surface area contributed by atoms with Gasteiger partial charge in [-0.3, -0.25) is 14.8 Å². The Morgan fingerprint density at radius 3 is 2.46 bits per heavy atom. The van der Waals surface area contributed by atoms with Crippen LogP contribution in [-0.2, 0) is 6.18 Å². The number of carbonyl (C=O) groups excluding carboxylic acids is 1. The molecule has 0 atom stereocenters. The van der Waals surface area contributed by atoms with Gasteiger partial charge in [0.2, 0.25) is 0 Å². The van der Waals surface area contributed by atoms with Gasteiger partial charge in [-0.05, 0) is 48.0 Å². The molecule has 5 aromatic rings. The standard InChI is InChI=1S/C31H27F3N6O/c1-35-30(41)24-18-38-27-8-6-19(21-14-20-4-2-3-5-26(20)37-17-21)15-23(27)29(24)39-22-7-9-28(25(16-22)31(32,33)34)40-12-10-36-11-13-40/h2-9,14-18,36H,10-13H2,1H3,(H,35,41)(H,38,39). The lowest BCUT2D eigenvalue weighted by Gasteiger charge is -2.31. The Hall–Kier alpha value is -4.70. The second-order valence-corrected chi connectivity index (χ2v) is 9.87. The number of anilines is 3. The Labute approximate surface area is 234 Å². The molecule has 1 fully saturated rings. The van der Waals surface area contributed by atoms with E-state index < -0.39 is 17.6 Å². The summed E-state index contributed by atoms with van der Waals surface area (Å²) in [7, 11) is 1.50. The molecule has 0 spiro atoms. The Morgan fingerprint density at radius 2 is 1.68 bits per heavy atom. The van der Waals surface area contributed by atoms with Crippen molar-refractivity contribution in [2.24, 2.45) is 0 Å². The zero-order valence-electron chi connectivity index (χ0n) is 22.2. The molecular weight excluding hydrogens is 529 g/mol. The van der Waals surface area contributed by atoms with Gasteiger partial charge >= 0.3 is 6.18 Å². The fraction of sp³-hybridized carbons (Fsp3) is 0.194. The number of pyridine rings is 2. The normalized spacial score (nSPS) is 13.9. The molecule has 208 valence electrons. The van der Waals surface area contributed by atoms with Crippen LogP contribution in [0.2, 0.25) is 0 Å². The summed E-state index contributed by atoms with van der Waals surface area (Å²) < 4.78 is 42.7. The van der Waals surface area contributed by atoms with Crippen molar-refractivity contribution in [1.29, 1.82) is 0 Å². The first-order chi connectivity index (χ1) is 19.8. The summed E-state index contributed by atoms with van der Waals surface area (Å²) in [5.74, 6) is -0.409. The predicted molar refractivity (Wildman–Crippen MR) is 156 cm³/mol. The van der Waals surface area contributed by atoms with Crippen LogP contribution in [0.15, 0.2) is 79.1 Å². The van der Waals surface area contributed by atoms with Gasteiger partial charge in [0.25, 0.3) is 5.91 Å². The third kappa shape index (κ3) is 5.26. The van der Waals surface area contributed by atoms with Crippen LogP contribution in [0.25, 0.3) is 32.9 Å². The van der Waals surface area contributed by atoms with Crippen LogP contribution < -0.4 is 20.9 Å². The van der Waals surface area contributed by atoms with Crippen molar-refractivity contribution >= 4 is 44.8 Å². The fourth-order valence-corrected chi connectivity index (χ4v) is 5.21. The Bertz CT molecular complexity index is 1770. The molecule has 41 heavy (non-hydrogen) atoms. The van der Waals surface area contributed by atoms with Crippen molar-refractivity contribution in [2.45, 2.75) is 6.18 Å². The van der Waals surface area contributed by atoms with Gasteiger partial charge in [0, 0.05) is 73.3 Å². The number of hydrogen-bond donors (Lipinski definition) is 3. The molecule has 3 N–H and O–H groups in total. The van der Waals surface area contributed by atoms with Gasteiger partial charge in [0.1, 0.15) is 0 Å². The number of carbonyl (C=O) groups is 1. The van der Waals surface area contributed by atoms with E-state index in [1.807, 2.05) is 48.5 Å². The number of benzene rings is 3. The minimum atomic E-state index is -4.56. The molecule has 0 aliphatic carbocycles. The molecule has 1 aliphatic rings. The lowest BCUT2D eigenvalue weighted by atomic mass is 10.0. The summed E-state index contributed by atoms with van der Waals surface area (Å²) >= 11 is 0. The third-order valence-electron chi connectivity index (χ3n) is 7.29. The fourth-order valence-electron chi connectivity index (χ4n) is 5.21. The minimum Gasteiger partial charge on any atom is -0.368 e. The first kappa shape index (κ1) is 26.5. The van der Waals surface area contributed by atoms with E-state index in [-0.39, 0.29) is 16.9 Å². The van der Waals surface area contributed by atoms with E-state index in [1.54, 1.807) is 17.2 Å². The lowest BCUT2D eigenvalue weighted by molar-refractivity contribution is -0.137. The highest BCUT2D eigenvalue weighted by Gasteiger charge is 2.35. The van der Waals surface area contributed by atoms with Crippen LogP contribution in [0.4, 0.5) is 30.2 Å². The molecule has 1 saturated heterocycles. The average Bonchev–Trinajstić information content (AvgIpc) is 3.00. The van der Waals surface area contributed by atoms with Crippen molar-refractivity contribution in [2.75, 3.05) is 43.4 Å². The maximum absolute atomic E-state index is 14.2. The van der Waals surface area contributed by atoms with E-state index >= 15 is 0 Å². The summed E-state index contributed by atoms with van der Waals surface area (Å²) in [5, 5.41) is 10.5. The first-order valence-electron chi connectivity index (χ1n) is 13.3. The molecule has 0 unspecified atom stereocenters. The Kier molecular flexibility index (Phi) is 6.92. The smallest absolute Gasteiger partial charge is 0.368 e. The van der Waals surface area contributed by atoms with E-state index in [0.29, 0.717) is 42.8 Å². The van der Waals surface area contributed by atoms with Gasteiger partial charge in [0.15, 0.2) is 0 Å². The lowest BCUT2D eigenvalue weighted by Crippen LogP contribution is -2.44. The maximum Gasteiger partial charge on any atom is 0.418 e. The van der Waals surface area contributed by atoms with E-state index in [1.165, 1.54) is 19.3 Å². The summed E-state index contributed by atoms with van der Waals surface area (Å²) in [6.07, 6.45) is -1.35. The van der Waals surface area contributed by atoms with Gasteiger partial charge in [-0.15, -0.1) is 0 Å².